The van der Waals surface area contributed by atoms with Gasteiger partial charge < -0.3 is 15.2 Å². The number of benzene rings is 1. The molecule has 0 saturated carbocycles. The molecule has 0 bridgehead atoms. The Balaban J connectivity index is 1.71. The fourth-order valence-electron chi connectivity index (χ4n) is 2.51. The zero-order valence-corrected chi connectivity index (χ0v) is 16.2. The molecule has 5 nitrogen and oxygen atoms in total. The number of fused-ring (bicyclic) bond motifs is 1. The molecule has 1 aromatic heterocycles. The second-order valence-corrected chi connectivity index (χ2v) is 8.43. The number of aliphatic hydroxyl groups is 1. The van der Waals surface area contributed by atoms with Crippen LogP contribution in [-0.4, -0.2) is 28.3 Å². The molecule has 0 radical (unpaired) electrons. The Morgan fingerprint density at radius 2 is 2.04 bits per heavy atom. The van der Waals surface area contributed by atoms with Crippen LogP contribution in [0.25, 0.3) is 10.2 Å². The van der Waals surface area contributed by atoms with E-state index < -0.39 is 11.7 Å². The number of amides is 1. The lowest BCUT2D eigenvalue weighted by molar-refractivity contribution is 0.0526. The quantitative estimate of drug-likeness (QED) is 0.701. The van der Waals surface area contributed by atoms with Gasteiger partial charge in [-0.2, -0.15) is 0 Å². The highest BCUT2D eigenvalue weighted by Crippen LogP contribution is 2.32. The molecule has 2 aromatic rings. The van der Waals surface area contributed by atoms with Crippen LogP contribution in [0.1, 0.15) is 58.1 Å². The van der Waals surface area contributed by atoms with Crippen molar-refractivity contribution in [2.45, 2.75) is 58.7 Å². The molecule has 0 aliphatic carbocycles. The van der Waals surface area contributed by atoms with E-state index in [0.717, 1.165) is 34.5 Å². The number of carbonyl (C=O) groups excluding carboxylic acids is 1. The van der Waals surface area contributed by atoms with E-state index in [-0.39, 0.29) is 12.0 Å². The number of hydrogen-bond donors (Lipinski definition) is 2. The summed E-state index contributed by atoms with van der Waals surface area (Å²) in [5, 5.41) is 14.1. The van der Waals surface area contributed by atoms with E-state index >= 15 is 0 Å². The van der Waals surface area contributed by atoms with Crippen molar-refractivity contribution in [2.24, 2.45) is 5.92 Å². The van der Waals surface area contributed by atoms with Crippen molar-refractivity contribution in [1.29, 1.82) is 0 Å². The molecule has 1 unspecified atom stereocenters. The summed E-state index contributed by atoms with van der Waals surface area (Å²) in [5.74, 6) is 0.127. The van der Waals surface area contributed by atoms with E-state index in [1.807, 2.05) is 52.0 Å². The molecule has 138 valence electrons. The predicted octanol–water partition coefficient (Wildman–Crippen LogP) is 4.66. The van der Waals surface area contributed by atoms with E-state index in [1.54, 1.807) is 11.3 Å². The minimum Gasteiger partial charge on any atom is -0.444 e. The van der Waals surface area contributed by atoms with Gasteiger partial charge in [0.05, 0.1) is 10.2 Å². The molecule has 25 heavy (non-hydrogen) atoms. The molecular weight excluding hydrogens is 336 g/mol. The lowest BCUT2D eigenvalue weighted by Crippen LogP contribution is -2.33. The molecule has 2 atom stereocenters. The number of thiazole rings is 1. The Labute approximate surface area is 153 Å². The third-order valence-electron chi connectivity index (χ3n) is 3.86. The Hall–Kier alpha value is -1.66. The number of aliphatic hydroxyl groups excluding tert-OH is 1. The van der Waals surface area contributed by atoms with Gasteiger partial charge in [-0.3, -0.25) is 0 Å². The number of nitrogens with one attached hydrogen (secondary N) is 1. The van der Waals surface area contributed by atoms with Crippen LogP contribution in [0.5, 0.6) is 0 Å². The standard InChI is InChI=1S/C19H28N2O3S/c1-13(9-7-8-12-20-18(23)24-19(2,3)4)16(22)17-21-14-10-5-6-11-15(14)25-17/h5-6,10-11,13,16,22H,7-9,12H2,1-4H3,(H,20,23)/t13-,16?/m0/s1. The van der Waals surface area contributed by atoms with Crippen LogP contribution in [0.2, 0.25) is 0 Å². The topological polar surface area (TPSA) is 71.5 Å². The third-order valence-corrected chi connectivity index (χ3v) is 4.96. The Kier molecular flexibility index (Phi) is 6.79. The lowest BCUT2D eigenvalue weighted by atomic mass is 9.98. The summed E-state index contributed by atoms with van der Waals surface area (Å²) in [6.45, 7) is 8.16. The van der Waals surface area contributed by atoms with Gasteiger partial charge in [0, 0.05) is 6.54 Å². The van der Waals surface area contributed by atoms with Crippen molar-refractivity contribution < 1.29 is 14.6 Å². The average Bonchev–Trinajstić information content (AvgIpc) is 2.95. The molecule has 2 N–H and O–H groups in total. The van der Waals surface area contributed by atoms with Crippen LogP contribution < -0.4 is 5.32 Å². The zero-order valence-electron chi connectivity index (χ0n) is 15.4. The summed E-state index contributed by atoms with van der Waals surface area (Å²) in [5.41, 5.74) is 0.468. The van der Waals surface area contributed by atoms with Crippen molar-refractivity contribution in [3.05, 3.63) is 29.3 Å². The average molecular weight is 365 g/mol. The summed E-state index contributed by atoms with van der Waals surface area (Å²) < 4.78 is 6.30. The third kappa shape index (κ3) is 6.29. The van der Waals surface area contributed by atoms with Gasteiger partial charge in [-0.25, -0.2) is 9.78 Å². The normalized spacial score (nSPS) is 14.3. The van der Waals surface area contributed by atoms with Crippen molar-refractivity contribution in [1.82, 2.24) is 10.3 Å². The van der Waals surface area contributed by atoms with Crippen LogP contribution >= 0.6 is 11.3 Å². The van der Waals surface area contributed by atoms with E-state index in [9.17, 15) is 9.90 Å². The van der Waals surface area contributed by atoms with Gasteiger partial charge in [0.15, 0.2) is 0 Å². The van der Waals surface area contributed by atoms with E-state index in [4.69, 9.17) is 4.74 Å². The highest BCUT2D eigenvalue weighted by Gasteiger charge is 2.20. The first-order valence-corrected chi connectivity index (χ1v) is 9.58. The number of hydrogen-bond acceptors (Lipinski definition) is 5. The van der Waals surface area contributed by atoms with Gasteiger partial charge in [0.2, 0.25) is 0 Å². The monoisotopic (exact) mass is 364 g/mol. The van der Waals surface area contributed by atoms with Crippen molar-refractivity contribution in [2.75, 3.05) is 6.54 Å². The maximum atomic E-state index is 11.6. The van der Waals surface area contributed by atoms with Crippen LogP contribution in [-0.2, 0) is 4.74 Å². The number of ether oxygens (including phenoxy) is 1. The largest absolute Gasteiger partial charge is 0.444 e. The Morgan fingerprint density at radius 3 is 2.72 bits per heavy atom. The summed E-state index contributed by atoms with van der Waals surface area (Å²) in [7, 11) is 0. The van der Waals surface area contributed by atoms with E-state index in [0.29, 0.717) is 6.54 Å². The second-order valence-electron chi connectivity index (χ2n) is 7.37. The minimum absolute atomic E-state index is 0.127. The molecular formula is C19H28N2O3S. The number of para-hydroxylation sites is 1. The summed E-state index contributed by atoms with van der Waals surface area (Å²) >= 11 is 1.55. The Morgan fingerprint density at radius 1 is 1.32 bits per heavy atom. The Bertz CT molecular complexity index is 660. The van der Waals surface area contributed by atoms with Gasteiger partial charge >= 0.3 is 6.09 Å². The number of alkyl carbamates (subject to hydrolysis) is 1. The highest BCUT2D eigenvalue weighted by atomic mass is 32.1. The lowest BCUT2D eigenvalue weighted by Gasteiger charge is -2.20. The maximum absolute atomic E-state index is 11.6. The van der Waals surface area contributed by atoms with Crippen molar-refractivity contribution in [3.8, 4) is 0 Å². The van der Waals surface area contributed by atoms with Crippen LogP contribution in [0.4, 0.5) is 4.79 Å². The molecule has 1 aromatic carbocycles. The molecule has 0 saturated heterocycles. The zero-order chi connectivity index (χ0) is 18.4. The van der Waals surface area contributed by atoms with Gasteiger partial charge in [-0.15, -0.1) is 11.3 Å². The van der Waals surface area contributed by atoms with Crippen LogP contribution in [0, 0.1) is 5.92 Å². The number of aromatic nitrogens is 1. The number of carbonyl (C=O) groups is 1. The summed E-state index contributed by atoms with van der Waals surface area (Å²) in [4.78, 5) is 16.1. The van der Waals surface area contributed by atoms with Gasteiger partial charge in [-0.05, 0) is 51.7 Å². The molecule has 0 aliphatic rings. The number of rotatable bonds is 7. The fourth-order valence-corrected chi connectivity index (χ4v) is 3.60. The summed E-state index contributed by atoms with van der Waals surface area (Å²) in [6.07, 6.45) is 1.74. The summed E-state index contributed by atoms with van der Waals surface area (Å²) in [6, 6.07) is 7.93. The van der Waals surface area contributed by atoms with Crippen LogP contribution in [0.3, 0.4) is 0 Å². The second kappa shape index (κ2) is 8.63. The first kappa shape index (κ1) is 19.7. The molecule has 0 spiro atoms. The molecule has 0 fully saturated rings. The number of nitrogens with zero attached hydrogens (tertiary/aromatic N) is 1. The first-order chi connectivity index (χ1) is 11.8. The van der Waals surface area contributed by atoms with Gasteiger partial charge in [0.25, 0.3) is 0 Å². The van der Waals surface area contributed by atoms with Crippen molar-refractivity contribution >= 4 is 27.6 Å². The molecule has 6 heteroatoms. The molecule has 0 aliphatic heterocycles. The molecule has 1 heterocycles. The molecule has 1 amide bonds. The SMILES string of the molecule is C[C@@H](CCCCNC(=O)OC(C)(C)C)C(O)c1nc2ccccc2s1. The molecule has 2 rings (SSSR count). The maximum Gasteiger partial charge on any atom is 0.407 e. The van der Waals surface area contributed by atoms with E-state index in [1.165, 1.54) is 0 Å². The fraction of sp³-hybridized carbons (Fsp3) is 0.579. The van der Waals surface area contributed by atoms with E-state index in [2.05, 4.69) is 10.3 Å². The van der Waals surface area contributed by atoms with Gasteiger partial charge in [-0.1, -0.05) is 25.5 Å². The van der Waals surface area contributed by atoms with Gasteiger partial charge in [0.1, 0.15) is 16.7 Å². The smallest absolute Gasteiger partial charge is 0.407 e. The van der Waals surface area contributed by atoms with Crippen LogP contribution in [0.15, 0.2) is 24.3 Å². The minimum atomic E-state index is -0.545. The highest BCUT2D eigenvalue weighted by molar-refractivity contribution is 7.18. The van der Waals surface area contributed by atoms with Crippen molar-refractivity contribution in [3.63, 3.8) is 0 Å². The predicted molar refractivity (Wildman–Crippen MR) is 102 cm³/mol. The number of unbranched alkanes of at least 4 members (excludes halogenated alkanes) is 1. The first-order valence-electron chi connectivity index (χ1n) is 8.76.